The molecule has 0 aliphatic carbocycles. The number of ether oxygens (including phenoxy) is 2. The topological polar surface area (TPSA) is 54.9 Å². The van der Waals surface area contributed by atoms with Crippen molar-refractivity contribution in [3.63, 3.8) is 0 Å². The summed E-state index contributed by atoms with van der Waals surface area (Å²) in [5, 5.41) is 6.66. The van der Waals surface area contributed by atoms with Gasteiger partial charge in [0.05, 0.1) is 12.7 Å². The normalized spacial score (nSPS) is 19.2. The Morgan fingerprint density at radius 3 is 2.76 bits per heavy atom. The molecule has 1 heterocycles. The van der Waals surface area contributed by atoms with Crippen LogP contribution in [0.1, 0.15) is 26.7 Å². The lowest BCUT2D eigenvalue weighted by molar-refractivity contribution is 0.0420. The van der Waals surface area contributed by atoms with Crippen molar-refractivity contribution < 1.29 is 9.47 Å². The maximum atomic E-state index is 5.72. The van der Waals surface area contributed by atoms with Gasteiger partial charge in [-0.3, -0.25) is 4.99 Å². The smallest absolute Gasteiger partial charge is 0.191 e. The summed E-state index contributed by atoms with van der Waals surface area (Å²) in [6, 6.07) is 0. The van der Waals surface area contributed by atoms with E-state index in [2.05, 4.69) is 35.7 Å². The lowest BCUT2D eigenvalue weighted by Gasteiger charge is -2.23. The van der Waals surface area contributed by atoms with Crippen LogP contribution in [0, 0.1) is 0 Å². The van der Waals surface area contributed by atoms with Crippen LogP contribution in [0.2, 0.25) is 0 Å². The van der Waals surface area contributed by atoms with Gasteiger partial charge in [0.25, 0.3) is 0 Å². The molecule has 1 aliphatic rings. The van der Waals surface area contributed by atoms with Crippen LogP contribution in [0.3, 0.4) is 0 Å². The van der Waals surface area contributed by atoms with Gasteiger partial charge in [0.1, 0.15) is 0 Å². The number of guanidine groups is 1. The highest BCUT2D eigenvalue weighted by atomic mass is 127. The molecule has 1 saturated heterocycles. The van der Waals surface area contributed by atoms with Gasteiger partial charge in [0, 0.05) is 38.1 Å². The van der Waals surface area contributed by atoms with E-state index in [1.807, 2.05) is 11.8 Å². The molecule has 1 rings (SSSR count). The molecule has 0 aromatic heterocycles. The van der Waals surface area contributed by atoms with Crippen molar-refractivity contribution >= 4 is 41.7 Å². The Hall–Kier alpha value is 0.270. The van der Waals surface area contributed by atoms with E-state index in [1.165, 1.54) is 0 Å². The largest absolute Gasteiger partial charge is 0.379 e. The Balaban J connectivity index is 0.00000400. The SMILES string of the molecule is CN=C(NCCCOC1CCOC1)NCC(C)(C)SC.I. The fraction of sp³-hybridized carbons (Fsp3) is 0.929. The monoisotopic (exact) mass is 431 g/mol. The van der Waals surface area contributed by atoms with E-state index in [4.69, 9.17) is 9.47 Å². The maximum Gasteiger partial charge on any atom is 0.191 e. The Morgan fingerprint density at radius 2 is 2.19 bits per heavy atom. The molecule has 7 heteroatoms. The van der Waals surface area contributed by atoms with Crippen LogP contribution in [0.25, 0.3) is 0 Å². The van der Waals surface area contributed by atoms with Gasteiger partial charge in [-0.05, 0) is 32.9 Å². The Kier molecular flexibility index (Phi) is 11.9. The molecule has 0 amide bonds. The first kappa shape index (κ1) is 21.3. The molecule has 1 fully saturated rings. The second-order valence-corrected chi connectivity index (χ2v) is 7.04. The van der Waals surface area contributed by atoms with Crippen molar-refractivity contribution in [2.45, 2.75) is 37.5 Å². The summed E-state index contributed by atoms with van der Waals surface area (Å²) in [6.07, 6.45) is 4.43. The quantitative estimate of drug-likeness (QED) is 0.267. The van der Waals surface area contributed by atoms with Crippen molar-refractivity contribution in [2.75, 3.05) is 46.2 Å². The highest BCUT2D eigenvalue weighted by Crippen LogP contribution is 2.19. The van der Waals surface area contributed by atoms with Crippen LogP contribution in [-0.4, -0.2) is 63.0 Å². The lowest BCUT2D eigenvalue weighted by atomic mass is 10.2. The molecule has 0 bridgehead atoms. The van der Waals surface area contributed by atoms with Gasteiger partial charge in [-0.25, -0.2) is 0 Å². The molecule has 21 heavy (non-hydrogen) atoms. The first-order valence-corrected chi connectivity index (χ1v) is 8.49. The summed E-state index contributed by atoms with van der Waals surface area (Å²) < 4.78 is 11.2. The van der Waals surface area contributed by atoms with Crippen LogP contribution in [0.15, 0.2) is 4.99 Å². The summed E-state index contributed by atoms with van der Waals surface area (Å²) in [4.78, 5) is 4.22. The average Bonchev–Trinajstić information content (AvgIpc) is 2.95. The standard InChI is InChI=1S/C14H29N3O2S.HI/c1-14(2,20-4)11-17-13(15-3)16-7-5-8-19-12-6-9-18-10-12;/h12H,5-11H2,1-4H3,(H2,15,16,17);1H. The van der Waals surface area contributed by atoms with E-state index in [1.54, 1.807) is 7.05 Å². The maximum absolute atomic E-state index is 5.72. The molecule has 126 valence electrons. The number of nitrogens with one attached hydrogen (secondary N) is 2. The van der Waals surface area contributed by atoms with E-state index >= 15 is 0 Å². The molecule has 0 saturated carbocycles. The second-order valence-electron chi connectivity index (χ2n) is 5.53. The number of aliphatic imine (C=N–C) groups is 1. The molecule has 0 aromatic rings. The zero-order valence-electron chi connectivity index (χ0n) is 13.6. The predicted molar refractivity (Wildman–Crippen MR) is 102 cm³/mol. The van der Waals surface area contributed by atoms with Crippen LogP contribution in [-0.2, 0) is 9.47 Å². The number of rotatable bonds is 8. The van der Waals surface area contributed by atoms with Crippen molar-refractivity contribution in [3.05, 3.63) is 0 Å². The van der Waals surface area contributed by atoms with Crippen molar-refractivity contribution in [1.82, 2.24) is 10.6 Å². The van der Waals surface area contributed by atoms with E-state index in [-0.39, 0.29) is 28.7 Å². The molecule has 1 atom stereocenters. The van der Waals surface area contributed by atoms with Crippen molar-refractivity contribution in [2.24, 2.45) is 4.99 Å². The number of thioether (sulfide) groups is 1. The molecule has 1 aliphatic heterocycles. The van der Waals surface area contributed by atoms with Crippen LogP contribution >= 0.6 is 35.7 Å². The zero-order chi connectivity index (χ0) is 14.8. The fourth-order valence-electron chi connectivity index (χ4n) is 1.76. The minimum Gasteiger partial charge on any atom is -0.379 e. The Labute approximate surface area is 150 Å². The third kappa shape index (κ3) is 9.80. The summed E-state index contributed by atoms with van der Waals surface area (Å²) in [7, 11) is 1.80. The minimum absolute atomic E-state index is 0. The molecule has 5 nitrogen and oxygen atoms in total. The number of hydrogen-bond donors (Lipinski definition) is 2. The van der Waals surface area contributed by atoms with Gasteiger partial charge in [0.2, 0.25) is 0 Å². The van der Waals surface area contributed by atoms with Crippen LogP contribution in [0.5, 0.6) is 0 Å². The number of hydrogen-bond acceptors (Lipinski definition) is 4. The zero-order valence-corrected chi connectivity index (χ0v) is 16.8. The summed E-state index contributed by atoms with van der Waals surface area (Å²) >= 11 is 1.85. The lowest BCUT2D eigenvalue weighted by Crippen LogP contribution is -2.43. The third-order valence-corrected chi connectivity index (χ3v) is 4.56. The van der Waals surface area contributed by atoms with Crippen molar-refractivity contribution in [3.8, 4) is 0 Å². The van der Waals surface area contributed by atoms with Gasteiger partial charge in [-0.1, -0.05) is 0 Å². The van der Waals surface area contributed by atoms with E-state index < -0.39 is 0 Å². The first-order valence-electron chi connectivity index (χ1n) is 7.26. The number of nitrogens with zero attached hydrogens (tertiary/aromatic N) is 1. The summed E-state index contributed by atoms with van der Waals surface area (Å²) in [6.45, 7) is 8.56. The molecule has 0 radical (unpaired) electrons. The fourth-order valence-corrected chi connectivity index (χ4v) is 1.98. The van der Waals surface area contributed by atoms with Gasteiger partial charge in [-0.2, -0.15) is 11.8 Å². The second kappa shape index (κ2) is 11.8. The Bertz CT molecular complexity index is 298. The predicted octanol–water partition coefficient (Wildman–Crippen LogP) is 2.11. The minimum atomic E-state index is 0. The van der Waals surface area contributed by atoms with Crippen LogP contribution < -0.4 is 10.6 Å². The number of halogens is 1. The summed E-state index contributed by atoms with van der Waals surface area (Å²) in [5.74, 6) is 0.858. The Morgan fingerprint density at radius 1 is 1.43 bits per heavy atom. The van der Waals surface area contributed by atoms with E-state index in [9.17, 15) is 0 Å². The molecular weight excluding hydrogens is 401 g/mol. The molecular formula is C14H30IN3O2S. The average molecular weight is 431 g/mol. The van der Waals surface area contributed by atoms with Gasteiger partial charge < -0.3 is 20.1 Å². The van der Waals surface area contributed by atoms with Gasteiger partial charge in [-0.15, -0.1) is 24.0 Å². The van der Waals surface area contributed by atoms with Crippen LogP contribution in [0.4, 0.5) is 0 Å². The van der Waals surface area contributed by atoms with Gasteiger partial charge >= 0.3 is 0 Å². The molecule has 2 N–H and O–H groups in total. The first-order chi connectivity index (χ1) is 9.57. The third-order valence-electron chi connectivity index (χ3n) is 3.31. The highest BCUT2D eigenvalue weighted by Gasteiger charge is 2.16. The van der Waals surface area contributed by atoms with Crippen molar-refractivity contribution in [1.29, 1.82) is 0 Å². The highest BCUT2D eigenvalue weighted by molar-refractivity contribution is 14.0. The van der Waals surface area contributed by atoms with E-state index in [0.29, 0.717) is 6.10 Å². The molecule has 0 spiro atoms. The van der Waals surface area contributed by atoms with E-state index in [0.717, 1.165) is 51.7 Å². The molecule has 1 unspecified atom stereocenters. The molecule has 0 aromatic carbocycles. The van der Waals surface area contributed by atoms with Gasteiger partial charge in [0.15, 0.2) is 5.96 Å². The summed E-state index contributed by atoms with van der Waals surface area (Å²) in [5.41, 5.74) is 0.